The highest BCUT2D eigenvalue weighted by Gasteiger charge is 2.33. The van der Waals surface area contributed by atoms with Crippen molar-refractivity contribution in [3.05, 3.63) is 117 Å². The third-order valence-corrected chi connectivity index (χ3v) is 7.19. The number of piperidine rings is 1. The summed E-state index contributed by atoms with van der Waals surface area (Å²) in [4.78, 5) is 40.6. The van der Waals surface area contributed by atoms with E-state index in [9.17, 15) is 23.2 Å². The third kappa shape index (κ3) is 6.01. The van der Waals surface area contributed by atoms with Gasteiger partial charge in [-0.05, 0) is 61.2 Å². The van der Waals surface area contributed by atoms with Crippen LogP contribution in [0.3, 0.4) is 0 Å². The van der Waals surface area contributed by atoms with Gasteiger partial charge in [0.1, 0.15) is 5.58 Å². The molecule has 0 bridgehead atoms. The van der Waals surface area contributed by atoms with Crippen LogP contribution in [0.4, 0.5) is 8.78 Å². The van der Waals surface area contributed by atoms with Gasteiger partial charge < -0.3 is 14.6 Å². The van der Waals surface area contributed by atoms with Crippen molar-refractivity contribution in [3.63, 3.8) is 0 Å². The summed E-state index contributed by atoms with van der Waals surface area (Å²) < 4.78 is 32.2. The van der Waals surface area contributed by atoms with Crippen LogP contribution in [0.2, 0.25) is 5.02 Å². The lowest BCUT2D eigenvalue weighted by Gasteiger charge is -2.40. The summed E-state index contributed by atoms with van der Waals surface area (Å²) in [5.74, 6) is -0.949. The molecular formula is C30H25ClF2N2O4. The van der Waals surface area contributed by atoms with Gasteiger partial charge in [0.15, 0.2) is 11.2 Å². The Balaban J connectivity index is 1.37. The largest absolute Gasteiger partial charge is 0.451 e. The average Bonchev–Trinajstić information content (AvgIpc) is 2.94. The molecule has 39 heavy (non-hydrogen) atoms. The Bertz CT molecular complexity index is 1570. The molecule has 3 aromatic carbocycles. The Morgan fingerprint density at radius 2 is 1.79 bits per heavy atom. The third-order valence-electron chi connectivity index (χ3n) is 6.94. The second-order valence-corrected chi connectivity index (χ2v) is 10.0. The molecule has 1 fully saturated rings. The summed E-state index contributed by atoms with van der Waals surface area (Å²) in [5, 5.41) is 3.92. The molecule has 0 spiro atoms. The number of halogens is 3. The number of carbonyl (C=O) groups is 2. The number of likely N-dealkylation sites (tertiary alicyclic amines) is 1. The fraction of sp³-hybridized carbons (Fsp3) is 0.233. The molecule has 2 amide bonds. The van der Waals surface area contributed by atoms with Crippen molar-refractivity contribution in [2.75, 3.05) is 6.54 Å². The normalized spacial score (nSPS) is 17.4. The summed E-state index contributed by atoms with van der Waals surface area (Å²) in [6, 6.07) is 20.0. The number of hydrogen-bond donors (Lipinski definition) is 1. The van der Waals surface area contributed by atoms with Gasteiger partial charge in [-0.2, -0.15) is 0 Å². The maximum Gasteiger partial charge on any atom is 0.287 e. The molecule has 1 aliphatic heterocycles. The monoisotopic (exact) mass is 550 g/mol. The Morgan fingerprint density at radius 3 is 2.56 bits per heavy atom. The highest BCUT2D eigenvalue weighted by atomic mass is 35.5. The van der Waals surface area contributed by atoms with Gasteiger partial charge in [-0.15, -0.1) is 0 Å². The van der Waals surface area contributed by atoms with Crippen molar-refractivity contribution < 1.29 is 22.8 Å². The Morgan fingerprint density at radius 1 is 1.03 bits per heavy atom. The van der Waals surface area contributed by atoms with Crippen LogP contribution < -0.4 is 10.7 Å². The van der Waals surface area contributed by atoms with E-state index < -0.39 is 12.3 Å². The highest BCUT2D eigenvalue weighted by molar-refractivity contribution is 6.30. The lowest BCUT2D eigenvalue weighted by molar-refractivity contribution is 0.0568. The molecule has 6 nitrogen and oxygen atoms in total. The van der Waals surface area contributed by atoms with E-state index in [4.69, 9.17) is 16.0 Å². The molecule has 0 aliphatic carbocycles. The van der Waals surface area contributed by atoms with Gasteiger partial charge in [-0.25, -0.2) is 8.78 Å². The van der Waals surface area contributed by atoms with Crippen LogP contribution in [0, 0.1) is 0 Å². The number of para-hydroxylation sites is 1. The van der Waals surface area contributed by atoms with E-state index in [-0.39, 0.29) is 40.3 Å². The molecule has 4 aromatic rings. The van der Waals surface area contributed by atoms with E-state index in [1.807, 2.05) is 12.1 Å². The van der Waals surface area contributed by atoms with Crippen LogP contribution in [-0.4, -0.2) is 35.3 Å². The van der Waals surface area contributed by atoms with E-state index >= 15 is 0 Å². The second kappa shape index (κ2) is 11.4. The van der Waals surface area contributed by atoms with Gasteiger partial charge in [-0.1, -0.05) is 48.0 Å². The average molecular weight is 551 g/mol. The Kier molecular flexibility index (Phi) is 7.74. The Labute approximate surface area is 228 Å². The zero-order valence-electron chi connectivity index (χ0n) is 20.8. The maximum atomic E-state index is 13.5. The maximum absolute atomic E-state index is 13.5. The number of carbonyl (C=O) groups excluding carboxylic acids is 2. The van der Waals surface area contributed by atoms with Crippen molar-refractivity contribution in [3.8, 4) is 0 Å². The molecule has 1 N–H and O–H groups in total. The van der Waals surface area contributed by atoms with Gasteiger partial charge >= 0.3 is 0 Å². The fourth-order valence-electron chi connectivity index (χ4n) is 4.98. The smallest absolute Gasteiger partial charge is 0.287 e. The zero-order chi connectivity index (χ0) is 27.5. The van der Waals surface area contributed by atoms with Crippen molar-refractivity contribution >= 4 is 34.4 Å². The number of alkyl halides is 2. The standard InChI is InChI=1S/C30H25ClF2N2O4/c31-21-10-8-18(9-11-21)14-23-16-22(12-13-35(23)30(38)20-5-3-4-19(15-20)28(32)33)34-29(37)27-17-25(36)24-6-1-2-7-26(24)39-27/h1-11,15,17,22-23,28H,12-14,16H2,(H,34,37). The molecule has 1 saturated heterocycles. The number of amides is 2. The Hall–Kier alpha value is -4.04. The number of nitrogens with one attached hydrogen (secondary N) is 1. The predicted octanol–water partition coefficient (Wildman–Crippen LogP) is 6.03. The molecule has 1 aliphatic rings. The number of nitrogens with zero attached hydrogens (tertiary/aromatic N) is 1. The van der Waals surface area contributed by atoms with E-state index in [0.717, 1.165) is 5.56 Å². The van der Waals surface area contributed by atoms with Crippen molar-refractivity contribution in [2.24, 2.45) is 0 Å². The first-order valence-electron chi connectivity index (χ1n) is 12.6. The van der Waals surface area contributed by atoms with E-state index in [0.29, 0.717) is 41.8 Å². The van der Waals surface area contributed by atoms with Gasteiger partial charge in [0.25, 0.3) is 18.2 Å². The lowest BCUT2D eigenvalue weighted by atomic mass is 9.91. The van der Waals surface area contributed by atoms with Crippen LogP contribution in [0.5, 0.6) is 0 Å². The molecule has 2 atom stereocenters. The highest BCUT2D eigenvalue weighted by Crippen LogP contribution is 2.26. The number of rotatable bonds is 6. The van der Waals surface area contributed by atoms with Crippen LogP contribution in [-0.2, 0) is 6.42 Å². The van der Waals surface area contributed by atoms with E-state index in [1.165, 1.54) is 30.3 Å². The van der Waals surface area contributed by atoms with Crippen molar-refractivity contribution in [1.29, 1.82) is 0 Å². The van der Waals surface area contributed by atoms with Crippen LogP contribution in [0.15, 0.2) is 88.1 Å². The first kappa shape index (κ1) is 26.6. The molecule has 9 heteroatoms. The summed E-state index contributed by atoms with van der Waals surface area (Å²) in [6.45, 7) is 0.308. The van der Waals surface area contributed by atoms with Crippen LogP contribution in [0.25, 0.3) is 11.0 Å². The minimum atomic E-state index is -2.68. The topological polar surface area (TPSA) is 79.6 Å². The summed E-state index contributed by atoms with van der Waals surface area (Å²) >= 11 is 6.04. The summed E-state index contributed by atoms with van der Waals surface area (Å²) in [6.07, 6.45) is -1.33. The summed E-state index contributed by atoms with van der Waals surface area (Å²) in [5.41, 5.74) is 0.927. The van der Waals surface area contributed by atoms with Gasteiger partial charge in [-0.3, -0.25) is 14.4 Å². The quantitative estimate of drug-likeness (QED) is 0.318. The minimum Gasteiger partial charge on any atom is -0.451 e. The van der Waals surface area contributed by atoms with E-state index in [1.54, 1.807) is 41.3 Å². The zero-order valence-corrected chi connectivity index (χ0v) is 21.5. The minimum absolute atomic E-state index is 0.0877. The molecule has 2 heterocycles. The molecule has 1 aromatic heterocycles. The summed E-state index contributed by atoms with van der Waals surface area (Å²) in [7, 11) is 0. The van der Waals surface area contributed by atoms with Gasteiger partial charge in [0, 0.05) is 40.8 Å². The van der Waals surface area contributed by atoms with Gasteiger partial charge in [0.2, 0.25) is 0 Å². The van der Waals surface area contributed by atoms with Crippen LogP contribution >= 0.6 is 11.6 Å². The van der Waals surface area contributed by atoms with Crippen molar-refractivity contribution in [2.45, 2.75) is 37.8 Å². The number of benzene rings is 3. The molecular weight excluding hydrogens is 526 g/mol. The first-order valence-corrected chi connectivity index (χ1v) is 12.9. The second-order valence-electron chi connectivity index (χ2n) is 9.57. The molecule has 5 rings (SSSR count). The molecule has 2 unspecified atom stereocenters. The first-order chi connectivity index (χ1) is 18.8. The lowest BCUT2D eigenvalue weighted by Crippen LogP contribution is -2.52. The fourth-order valence-corrected chi connectivity index (χ4v) is 5.11. The molecule has 200 valence electrons. The van der Waals surface area contributed by atoms with Gasteiger partial charge in [0.05, 0.1) is 5.39 Å². The SMILES string of the molecule is O=C(NC1CCN(C(=O)c2cccc(C(F)F)c2)C(Cc2ccc(Cl)cc2)C1)c1cc(=O)c2ccccc2o1. The number of fused-ring (bicyclic) bond motifs is 1. The van der Waals surface area contributed by atoms with Crippen molar-refractivity contribution in [1.82, 2.24) is 10.2 Å². The molecule has 0 radical (unpaired) electrons. The predicted molar refractivity (Wildman–Crippen MR) is 144 cm³/mol. The molecule has 0 saturated carbocycles. The van der Waals surface area contributed by atoms with E-state index in [2.05, 4.69) is 5.32 Å². The van der Waals surface area contributed by atoms with Crippen LogP contribution in [0.1, 0.15) is 51.3 Å². The number of hydrogen-bond acceptors (Lipinski definition) is 4.